The van der Waals surface area contributed by atoms with Crippen LogP contribution in [0, 0.1) is 11.8 Å². The van der Waals surface area contributed by atoms with Crippen molar-refractivity contribution >= 4 is 35.9 Å². The quantitative estimate of drug-likeness (QED) is 0.247. The van der Waals surface area contributed by atoms with Crippen LogP contribution in [0.3, 0.4) is 0 Å². The van der Waals surface area contributed by atoms with E-state index in [-0.39, 0.29) is 29.5 Å². The molecule has 0 fully saturated rings. The predicted octanol–water partition coefficient (Wildman–Crippen LogP) is 6.71. The van der Waals surface area contributed by atoms with Gasteiger partial charge in [-0.2, -0.15) is 0 Å². The van der Waals surface area contributed by atoms with Gasteiger partial charge in [-0.1, -0.05) is 64.2 Å². The second-order valence-electron chi connectivity index (χ2n) is 9.30. The van der Waals surface area contributed by atoms with Gasteiger partial charge in [0.1, 0.15) is 0 Å². The Bertz CT molecular complexity index is 1130. The van der Waals surface area contributed by atoms with E-state index in [1.165, 1.54) is 26.4 Å². The minimum atomic E-state index is -0.357. The highest BCUT2D eigenvalue weighted by Gasteiger charge is 2.10. The van der Waals surface area contributed by atoms with E-state index < -0.39 is 0 Å². The van der Waals surface area contributed by atoms with E-state index >= 15 is 0 Å². The number of aromatic hydroxyl groups is 2. The molecule has 2 rings (SSSR count). The number of carbonyl (C=O) groups excluding carboxylic acids is 2. The Balaban J connectivity index is 2.15. The lowest BCUT2D eigenvalue weighted by Crippen LogP contribution is -2.02. The van der Waals surface area contributed by atoms with Crippen LogP contribution in [0.15, 0.2) is 48.6 Å². The first-order valence-corrected chi connectivity index (χ1v) is 12.1. The average Bonchev–Trinajstić information content (AvgIpc) is 2.85. The fourth-order valence-electron chi connectivity index (χ4n) is 3.32. The lowest BCUT2D eigenvalue weighted by Gasteiger charge is -2.08. The summed E-state index contributed by atoms with van der Waals surface area (Å²) in [6.45, 7) is 8.11. The number of hydrogen-bond donors (Lipinski definition) is 2. The zero-order chi connectivity index (χ0) is 27.5. The van der Waals surface area contributed by atoms with Gasteiger partial charge in [-0.25, -0.2) is 0 Å². The number of ether oxygens (including phenoxy) is 2. The highest BCUT2D eigenvalue weighted by molar-refractivity contribution is 6.11. The van der Waals surface area contributed by atoms with Gasteiger partial charge in [0.15, 0.2) is 34.6 Å². The second-order valence-corrected chi connectivity index (χ2v) is 9.30. The molecule has 0 aromatic heterocycles. The van der Waals surface area contributed by atoms with Crippen LogP contribution in [-0.4, -0.2) is 36.0 Å². The lowest BCUT2D eigenvalue weighted by atomic mass is 10.0. The SMILES string of the molecule is COc1cc(/C=C/C(=O)CC(=O)/C=C/c2cc(/C=C/C(C)C)c(O)c(OC)c2)cc(/C=C/C(C)C)c1O. The molecule has 0 radical (unpaired) electrons. The van der Waals surface area contributed by atoms with Crippen LogP contribution < -0.4 is 9.47 Å². The number of ketones is 2. The van der Waals surface area contributed by atoms with Crippen LogP contribution in [0.4, 0.5) is 0 Å². The summed E-state index contributed by atoms with van der Waals surface area (Å²) >= 11 is 0. The van der Waals surface area contributed by atoms with Gasteiger partial charge in [0, 0.05) is 11.1 Å². The molecule has 0 saturated carbocycles. The molecule has 0 aliphatic carbocycles. The van der Waals surface area contributed by atoms with Crippen molar-refractivity contribution in [3.63, 3.8) is 0 Å². The van der Waals surface area contributed by atoms with Crippen molar-refractivity contribution in [2.45, 2.75) is 34.1 Å². The van der Waals surface area contributed by atoms with Crippen molar-refractivity contribution in [3.05, 3.63) is 70.8 Å². The molecule has 2 aromatic carbocycles. The topological polar surface area (TPSA) is 93.1 Å². The van der Waals surface area contributed by atoms with E-state index in [4.69, 9.17) is 9.47 Å². The van der Waals surface area contributed by atoms with Gasteiger partial charge in [-0.3, -0.25) is 9.59 Å². The third-order valence-corrected chi connectivity index (χ3v) is 5.29. The van der Waals surface area contributed by atoms with Gasteiger partial charge in [0.05, 0.1) is 20.6 Å². The minimum Gasteiger partial charge on any atom is -0.504 e. The average molecular weight is 505 g/mol. The maximum absolute atomic E-state index is 12.4. The van der Waals surface area contributed by atoms with Crippen LogP contribution in [-0.2, 0) is 9.59 Å². The zero-order valence-electron chi connectivity index (χ0n) is 22.3. The summed E-state index contributed by atoms with van der Waals surface area (Å²) in [6, 6.07) is 6.73. The largest absolute Gasteiger partial charge is 0.504 e. The van der Waals surface area contributed by atoms with Crippen molar-refractivity contribution in [2.75, 3.05) is 14.2 Å². The number of allylic oxidation sites excluding steroid dienone is 4. The first-order valence-electron chi connectivity index (χ1n) is 12.1. The maximum atomic E-state index is 12.4. The molecule has 0 bridgehead atoms. The molecule has 0 aliphatic rings. The molecular formula is C31H36O6. The fourth-order valence-corrected chi connectivity index (χ4v) is 3.32. The van der Waals surface area contributed by atoms with Crippen LogP contribution in [0.5, 0.6) is 23.0 Å². The van der Waals surface area contributed by atoms with Crippen LogP contribution in [0.2, 0.25) is 0 Å². The van der Waals surface area contributed by atoms with E-state index in [9.17, 15) is 19.8 Å². The van der Waals surface area contributed by atoms with Gasteiger partial charge < -0.3 is 19.7 Å². The number of benzene rings is 2. The van der Waals surface area contributed by atoms with Crippen molar-refractivity contribution in [2.24, 2.45) is 11.8 Å². The number of rotatable bonds is 12. The van der Waals surface area contributed by atoms with Crippen LogP contribution in [0.25, 0.3) is 24.3 Å². The van der Waals surface area contributed by atoms with Crippen molar-refractivity contribution in [1.82, 2.24) is 0 Å². The molecule has 0 amide bonds. The van der Waals surface area contributed by atoms with Crippen molar-refractivity contribution in [3.8, 4) is 23.0 Å². The summed E-state index contributed by atoms with van der Waals surface area (Å²) in [5.41, 5.74) is 2.47. The Hall–Kier alpha value is -4.06. The van der Waals surface area contributed by atoms with E-state index in [0.717, 1.165) is 0 Å². The standard InChI is InChI=1S/C31H36O6/c1-20(2)7-11-24-15-22(17-28(36-5)30(24)34)9-13-26(32)19-27(33)14-10-23-16-25(12-8-21(3)4)31(35)29(18-23)37-6/h7-18,20-21,34-35H,19H2,1-6H3/b11-7+,12-8+,13-9+,14-10+. The normalized spacial score (nSPS) is 12.1. The maximum Gasteiger partial charge on any atom is 0.165 e. The zero-order valence-corrected chi connectivity index (χ0v) is 22.3. The number of phenolic OH excluding ortho intramolecular Hbond substituents is 2. The predicted molar refractivity (Wildman–Crippen MR) is 150 cm³/mol. The molecule has 196 valence electrons. The summed E-state index contributed by atoms with van der Waals surface area (Å²) in [6.07, 6.45) is 13.1. The number of carbonyl (C=O) groups is 2. The van der Waals surface area contributed by atoms with E-state index in [0.29, 0.717) is 45.6 Å². The molecule has 0 saturated heterocycles. The minimum absolute atomic E-state index is 0.0249. The fraction of sp³-hybridized carbons (Fsp3) is 0.290. The van der Waals surface area contributed by atoms with Gasteiger partial charge in [-0.05, 0) is 59.4 Å². The molecule has 0 aliphatic heterocycles. The number of hydrogen-bond acceptors (Lipinski definition) is 6. The molecule has 6 heteroatoms. The Labute approximate surface area is 219 Å². The molecule has 37 heavy (non-hydrogen) atoms. The summed E-state index contributed by atoms with van der Waals surface area (Å²) in [5.74, 6) is 0.531. The smallest absolute Gasteiger partial charge is 0.165 e. The van der Waals surface area contributed by atoms with E-state index in [1.54, 1.807) is 48.6 Å². The third kappa shape index (κ3) is 9.15. The van der Waals surface area contributed by atoms with Crippen molar-refractivity contribution < 1.29 is 29.3 Å². The second kappa shape index (κ2) is 13.9. The van der Waals surface area contributed by atoms with Crippen molar-refractivity contribution in [1.29, 1.82) is 0 Å². The molecule has 0 atom stereocenters. The number of methoxy groups -OCH3 is 2. The highest BCUT2D eigenvalue weighted by Crippen LogP contribution is 2.34. The Morgan fingerprint density at radius 2 is 1.08 bits per heavy atom. The summed E-state index contributed by atoms with van der Waals surface area (Å²) in [5, 5.41) is 20.7. The molecule has 6 nitrogen and oxygen atoms in total. The summed E-state index contributed by atoms with van der Waals surface area (Å²) in [7, 11) is 2.92. The first kappa shape index (κ1) is 29.2. The highest BCUT2D eigenvalue weighted by atomic mass is 16.5. The molecule has 0 heterocycles. The Morgan fingerprint density at radius 1 is 0.703 bits per heavy atom. The van der Waals surface area contributed by atoms with Gasteiger partial charge in [0.25, 0.3) is 0 Å². The molecule has 0 spiro atoms. The third-order valence-electron chi connectivity index (χ3n) is 5.29. The van der Waals surface area contributed by atoms with E-state index in [2.05, 4.69) is 0 Å². The molecule has 0 unspecified atom stereocenters. The number of phenols is 2. The molecular weight excluding hydrogens is 468 g/mol. The van der Waals surface area contributed by atoms with Crippen LogP contribution in [0.1, 0.15) is 56.4 Å². The van der Waals surface area contributed by atoms with Gasteiger partial charge in [0.2, 0.25) is 0 Å². The summed E-state index contributed by atoms with van der Waals surface area (Å²) < 4.78 is 10.5. The van der Waals surface area contributed by atoms with Crippen LogP contribution >= 0.6 is 0 Å². The Morgan fingerprint density at radius 3 is 1.41 bits per heavy atom. The van der Waals surface area contributed by atoms with E-state index in [1.807, 2.05) is 39.8 Å². The first-order chi connectivity index (χ1) is 17.5. The molecule has 2 N–H and O–H groups in total. The monoisotopic (exact) mass is 504 g/mol. The van der Waals surface area contributed by atoms with Gasteiger partial charge in [-0.15, -0.1) is 0 Å². The molecule has 2 aromatic rings. The Kier molecular flexibility index (Phi) is 10.9. The van der Waals surface area contributed by atoms with Gasteiger partial charge >= 0.3 is 0 Å². The summed E-state index contributed by atoms with van der Waals surface area (Å²) in [4.78, 5) is 24.8. The lowest BCUT2D eigenvalue weighted by molar-refractivity contribution is -0.121.